The van der Waals surface area contributed by atoms with E-state index >= 15 is 0 Å². The minimum atomic E-state index is -0.341. The summed E-state index contributed by atoms with van der Waals surface area (Å²) in [6.07, 6.45) is 4.79. The summed E-state index contributed by atoms with van der Waals surface area (Å²) in [7, 11) is 5.47. The summed E-state index contributed by atoms with van der Waals surface area (Å²) in [5, 5.41) is 3.52. The SMILES string of the molecule is COC(=O)c1ccc2c(c1)nc(Nc1ccc(N(C)C)cc1)n2[C@@H]1CCCC(C)C1. The monoisotopic (exact) mass is 406 g/mol. The number of carbonyl (C=O) groups excluding carboxylic acids is 1. The van der Waals surface area contributed by atoms with Gasteiger partial charge in [0.25, 0.3) is 0 Å². The van der Waals surface area contributed by atoms with Crippen molar-refractivity contribution >= 4 is 34.3 Å². The van der Waals surface area contributed by atoms with Crippen LogP contribution in [0.5, 0.6) is 0 Å². The Hall–Kier alpha value is -3.02. The minimum Gasteiger partial charge on any atom is -0.465 e. The van der Waals surface area contributed by atoms with E-state index < -0.39 is 0 Å². The molecule has 2 atom stereocenters. The Morgan fingerprint density at radius 2 is 1.93 bits per heavy atom. The maximum atomic E-state index is 12.0. The Balaban J connectivity index is 1.75. The maximum absolute atomic E-state index is 12.0. The number of nitrogens with one attached hydrogen (secondary N) is 1. The van der Waals surface area contributed by atoms with Gasteiger partial charge >= 0.3 is 5.97 Å². The molecule has 30 heavy (non-hydrogen) atoms. The second kappa shape index (κ2) is 8.38. The van der Waals surface area contributed by atoms with Gasteiger partial charge < -0.3 is 19.5 Å². The summed E-state index contributed by atoms with van der Waals surface area (Å²) < 4.78 is 7.21. The zero-order chi connectivity index (χ0) is 21.3. The quantitative estimate of drug-likeness (QED) is 0.576. The van der Waals surface area contributed by atoms with Crippen molar-refractivity contribution in [2.24, 2.45) is 5.92 Å². The molecule has 6 heteroatoms. The summed E-state index contributed by atoms with van der Waals surface area (Å²) in [5.41, 5.74) is 4.53. The predicted molar refractivity (Wildman–Crippen MR) is 122 cm³/mol. The van der Waals surface area contributed by atoms with E-state index in [0.29, 0.717) is 17.5 Å². The predicted octanol–water partition coefficient (Wildman–Crippen LogP) is 5.38. The van der Waals surface area contributed by atoms with E-state index in [0.717, 1.165) is 41.2 Å². The van der Waals surface area contributed by atoms with Crippen LogP contribution in [-0.4, -0.2) is 36.7 Å². The first-order chi connectivity index (χ1) is 14.5. The van der Waals surface area contributed by atoms with Crippen LogP contribution >= 0.6 is 0 Å². The topological polar surface area (TPSA) is 59.4 Å². The molecule has 1 saturated carbocycles. The van der Waals surface area contributed by atoms with Crippen LogP contribution < -0.4 is 10.2 Å². The van der Waals surface area contributed by atoms with Gasteiger partial charge in [-0.05, 0) is 61.2 Å². The number of carbonyl (C=O) groups is 1. The first kappa shape index (κ1) is 20.3. The Bertz CT molecular complexity index is 1040. The molecular weight excluding hydrogens is 376 g/mol. The van der Waals surface area contributed by atoms with Crippen LogP contribution in [-0.2, 0) is 4.74 Å². The van der Waals surface area contributed by atoms with Gasteiger partial charge in [0.1, 0.15) is 0 Å². The van der Waals surface area contributed by atoms with Crippen molar-refractivity contribution in [3.8, 4) is 0 Å². The molecule has 1 heterocycles. The largest absolute Gasteiger partial charge is 0.465 e. The van der Waals surface area contributed by atoms with Gasteiger partial charge in [0.15, 0.2) is 0 Å². The Morgan fingerprint density at radius 3 is 2.60 bits per heavy atom. The fourth-order valence-corrected chi connectivity index (χ4v) is 4.41. The second-order valence-corrected chi connectivity index (χ2v) is 8.49. The number of anilines is 3. The van der Waals surface area contributed by atoms with Gasteiger partial charge in [-0.2, -0.15) is 0 Å². The molecule has 0 radical (unpaired) electrons. The van der Waals surface area contributed by atoms with E-state index in [1.165, 1.54) is 20.0 Å². The van der Waals surface area contributed by atoms with E-state index in [4.69, 9.17) is 9.72 Å². The van der Waals surface area contributed by atoms with E-state index in [9.17, 15) is 4.79 Å². The highest BCUT2D eigenvalue weighted by Crippen LogP contribution is 2.37. The summed E-state index contributed by atoms with van der Waals surface area (Å²) in [4.78, 5) is 19.0. The van der Waals surface area contributed by atoms with Gasteiger partial charge in [-0.1, -0.05) is 19.8 Å². The lowest BCUT2D eigenvalue weighted by atomic mass is 9.87. The van der Waals surface area contributed by atoms with Crippen molar-refractivity contribution in [3.05, 3.63) is 48.0 Å². The van der Waals surface area contributed by atoms with Crippen LogP contribution in [0.3, 0.4) is 0 Å². The highest BCUT2D eigenvalue weighted by molar-refractivity contribution is 5.94. The van der Waals surface area contributed by atoms with Crippen molar-refractivity contribution < 1.29 is 9.53 Å². The van der Waals surface area contributed by atoms with Gasteiger partial charge in [0.05, 0.1) is 23.7 Å². The summed E-state index contributed by atoms with van der Waals surface area (Å²) in [6.45, 7) is 2.33. The van der Waals surface area contributed by atoms with Crippen LogP contribution in [0.25, 0.3) is 11.0 Å². The van der Waals surface area contributed by atoms with E-state index in [1.54, 1.807) is 0 Å². The lowest BCUT2D eigenvalue weighted by Gasteiger charge is -2.29. The number of ether oxygens (including phenoxy) is 1. The highest BCUT2D eigenvalue weighted by atomic mass is 16.5. The normalized spacial score (nSPS) is 18.9. The minimum absolute atomic E-state index is 0.341. The number of fused-ring (bicyclic) bond motifs is 1. The van der Waals surface area contributed by atoms with Crippen LogP contribution in [0, 0.1) is 5.92 Å². The van der Waals surface area contributed by atoms with Crippen LogP contribution in [0.2, 0.25) is 0 Å². The number of methoxy groups -OCH3 is 1. The number of hydrogen-bond donors (Lipinski definition) is 1. The lowest BCUT2D eigenvalue weighted by molar-refractivity contribution is 0.0601. The first-order valence-electron chi connectivity index (χ1n) is 10.6. The van der Waals surface area contributed by atoms with E-state index in [-0.39, 0.29) is 5.97 Å². The Morgan fingerprint density at radius 1 is 1.17 bits per heavy atom. The smallest absolute Gasteiger partial charge is 0.337 e. The summed E-state index contributed by atoms with van der Waals surface area (Å²) >= 11 is 0. The molecule has 158 valence electrons. The molecule has 3 aromatic rings. The van der Waals surface area contributed by atoms with Gasteiger partial charge in [-0.15, -0.1) is 0 Å². The third-order valence-electron chi connectivity index (χ3n) is 6.02. The molecule has 4 rings (SSSR count). The molecule has 6 nitrogen and oxygen atoms in total. The van der Waals surface area contributed by atoms with Gasteiger partial charge in [-0.25, -0.2) is 9.78 Å². The zero-order valence-corrected chi connectivity index (χ0v) is 18.2. The number of esters is 1. The van der Waals surface area contributed by atoms with Crippen LogP contribution in [0.4, 0.5) is 17.3 Å². The van der Waals surface area contributed by atoms with E-state index in [1.807, 2.05) is 32.3 Å². The second-order valence-electron chi connectivity index (χ2n) is 8.49. The summed E-state index contributed by atoms with van der Waals surface area (Å²) in [5.74, 6) is 1.18. The molecule has 0 aliphatic heterocycles. The first-order valence-corrected chi connectivity index (χ1v) is 10.6. The van der Waals surface area contributed by atoms with Crippen molar-refractivity contribution in [2.75, 3.05) is 31.4 Å². The van der Waals surface area contributed by atoms with Crippen LogP contribution in [0.15, 0.2) is 42.5 Å². The fraction of sp³-hybridized carbons (Fsp3) is 0.417. The number of hydrogen-bond acceptors (Lipinski definition) is 5. The fourth-order valence-electron chi connectivity index (χ4n) is 4.41. The molecule has 0 saturated heterocycles. The maximum Gasteiger partial charge on any atom is 0.337 e. The number of rotatable bonds is 5. The number of imidazole rings is 1. The highest BCUT2D eigenvalue weighted by Gasteiger charge is 2.25. The van der Waals surface area contributed by atoms with Crippen LogP contribution in [0.1, 0.15) is 49.0 Å². The molecule has 0 bridgehead atoms. The average molecular weight is 407 g/mol. The van der Waals surface area contributed by atoms with E-state index in [2.05, 4.69) is 46.0 Å². The zero-order valence-electron chi connectivity index (χ0n) is 18.2. The third-order valence-corrected chi connectivity index (χ3v) is 6.02. The number of nitrogens with zero attached hydrogens (tertiary/aromatic N) is 3. The molecular formula is C24H30N4O2. The van der Waals surface area contributed by atoms with Crippen molar-refractivity contribution in [1.29, 1.82) is 0 Å². The molecule has 0 amide bonds. The third kappa shape index (κ3) is 3.99. The van der Waals surface area contributed by atoms with Gasteiger partial charge in [0, 0.05) is 31.5 Å². The molecule has 2 aromatic carbocycles. The Labute approximate surface area is 177 Å². The standard InChI is InChI=1S/C24H30N4O2/c1-16-6-5-7-20(14-16)28-22-13-8-17(23(29)30-4)15-21(22)26-24(28)25-18-9-11-19(12-10-18)27(2)3/h8-13,15-16,20H,5-7,14H2,1-4H3,(H,25,26)/t16?,20-/m1/s1. The lowest BCUT2D eigenvalue weighted by Crippen LogP contribution is -2.19. The van der Waals surface area contributed by atoms with Crippen molar-refractivity contribution in [1.82, 2.24) is 9.55 Å². The molecule has 1 aromatic heterocycles. The number of benzene rings is 2. The molecule has 1 unspecified atom stereocenters. The summed E-state index contributed by atoms with van der Waals surface area (Å²) in [6, 6.07) is 14.4. The van der Waals surface area contributed by atoms with Gasteiger partial charge in [0.2, 0.25) is 5.95 Å². The number of aromatic nitrogens is 2. The molecule has 1 aliphatic rings. The molecule has 1 fully saturated rings. The molecule has 1 N–H and O–H groups in total. The molecule has 0 spiro atoms. The van der Waals surface area contributed by atoms with Crippen molar-refractivity contribution in [3.63, 3.8) is 0 Å². The molecule has 1 aliphatic carbocycles. The average Bonchev–Trinajstić information content (AvgIpc) is 3.10. The van der Waals surface area contributed by atoms with Gasteiger partial charge in [-0.3, -0.25) is 0 Å². The Kier molecular flexibility index (Phi) is 5.66. The van der Waals surface area contributed by atoms with Crippen molar-refractivity contribution in [2.45, 2.75) is 38.6 Å².